The van der Waals surface area contributed by atoms with Gasteiger partial charge in [0.1, 0.15) is 5.82 Å². The smallest absolute Gasteiger partial charge is 0.161 e. The summed E-state index contributed by atoms with van der Waals surface area (Å²) >= 11 is 0. The van der Waals surface area contributed by atoms with Crippen LogP contribution in [0.2, 0.25) is 0 Å². The summed E-state index contributed by atoms with van der Waals surface area (Å²) in [4.78, 5) is 2.08. The van der Waals surface area contributed by atoms with E-state index in [1.165, 1.54) is 0 Å². The van der Waals surface area contributed by atoms with Gasteiger partial charge in [0.15, 0.2) is 11.6 Å². The first-order valence-electron chi connectivity index (χ1n) is 6.72. The zero-order chi connectivity index (χ0) is 14.7. The van der Waals surface area contributed by atoms with E-state index in [0.29, 0.717) is 12.5 Å². The molecule has 0 bridgehead atoms. The van der Waals surface area contributed by atoms with Gasteiger partial charge in [0.2, 0.25) is 0 Å². The molecule has 7 heteroatoms. The number of piperazine rings is 1. The summed E-state index contributed by atoms with van der Waals surface area (Å²) in [5.41, 5.74) is 1.09. The lowest BCUT2D eigenvalue weighted by molar-refractivity contribution is 0.168. The molecule has 1 atom stereocenters. The van der Waals surface area contributed by atoms with Crippen molar-refractivity contribution in [1.29, 1.82) is 0 Å². The van der Waals surface area contributed by atoms with Crippen molar-refractivity contribution in [3.8, 4) is 0 Å². The molecule has 1 aliphatic rings. The molecule has 1 N–H and O–H groups in total. The van der Waals surface area contributed by atoms with Crippen LogP contribution in [0.25, 0.3) is 0 Å². The Morgan fingerprint density at radius 1 is 1.14 bits per heavy atom. The van der Waals surface area contributed by atoms with Gasteiger partial charge < -0.3 is 5.32 Å². The predicted octanol–water partition coefficient (Wildman–Crippen LogP) is 3.86. The van der Waals surface area contributed by atoms with Crippen molar-refractivity contribution in [1.82, 2.24) is 10.2 Å². The predicted molar refractivity (Wildman–Crippen MR) is 87.4 cm³/mol. The van der Waals surface area contributed by atoms with Crippen molar-refractivity contribution in [2.75, 3.05) is 26.2 Å². The highest BCUT2D eigenvalue weighted by Crippen LogP contribution is 2.30. The van der Waals surface area contributed by atoms with Gasteiger partial charge in [-0.3, -0.25) is 4.90 Å². The lowest BCUT2D eigenvalue weighted by Crippen LogP contribution is -2.45. The van der Waals surface area contributed by atoms with Gasteiger partial charge in [-0.1, -0.05) is 5.57 Å². The van der Waals surface area contributed by atoms with Gasteiger partial charge in [0.25, 0.3) is 0 Å². The van der Waals surface area contributed by atoms with Crippen LogP contribution in [0.5, 0.6) is 0 Å². The second-order valence-corrected chi connectivity index (χ2v) is 5.25. The lowest BCUT2D eigenvalue weighted by Gasteiger charge is -2.35. The minimum absolute atomic E-state index is 0. The van der Waals surface area contributed by atoms with Crippen molar-refractivity contribution in [2.24, 2.45) is 0 Å². The second-order valence-electron chi connectivity index (χ2n) is 5.25. The molecule has 1 saturated heterocycles. The maximum atomic E-state index is 14.0. The molecule has 22 heavy (non-hydrogen) atoms. The molecule has 0 spiro atoms. The fourth-order valence-electron chi connectivity index (χ4n) is 2.55. The summed E-state index contributed by atoms with van der Waals surface area (Å²) in [5, 5.41) is 3.22. The van der Waals surface area contributed by atoms with Crippen LogP contribution in [0.3, 0.4) is 0 Å². The van der Waals surface area contributed by atoms with E-state index in [-0.39, 0.29) is 36.4 Å². The summed E-state index contributed by atoms with van der Waals surface area (Å²) in [5.74, 6) is -2.86. The topological polar surface area (TPSA) is 15.3 Å². The largest absolute Gasteiger partial charge is 0.314 e. The van der Waals surface area contributed by atoms with Crippen molar-refractivity contribution in [3.63, 3.8) is 0 Å². The number of benzene rings is 1. The van der Waals surface area contributed by atoms with Crippen molar-refractivity contribution >= 4 is 24.8 Å². The van der Waals surface area contributed by atoms with Crippen molar-refractivity contribution in [2.45, 2.75) is 19.4 Å². The standard InChI is InChI=1S/C15H19F3N2.2ClH/c1-10(2)7-15(20-5-3-19-4-6-20)11-8-13(17)14(18)9-12(11)16;;/h8-9,15,19H,1,3-7H2,2H3;2*1H/t15-;;/m1../s1. The van der Waals surface area contributed by atoms with E-state index in [9.17, 15) is 13.2 Å². The molecule has 2 rings (SSSR count). The Morgan fingerprint density at radius 3 is 2.23 bits per heavy atom. The Labute approximate surface area is 141 Å². The molecule has 0 radical (unpaired) electrons. The van der Waals surface area contributed by atoms with E-state index in [1.807, 2.05) is 6.92 Å². The van der Waals surface area contributed by atoms with Crippen LogP contribution >= 0.6 is 24.8 Å². The highest BCUT2D eigenvalue weighted by Gasteiger charge is 2.26. The number of nitrogens with one attached hydrogen (secondary N) is 1. The number of hydrogen-bond acceptors (Lipinski definition) is 2. The van der Waals surface area contributed by atoms with E-state index < -0.39 is 17.5 Å². The third-order valence-corrected chi connectivity index (χ3v) is 3.53. The summed E-state index contributed by atoms with van der Waals surface area (Å²) in [6.45, 7) is 8.81. The van der Waals surface area contributed by atoms with Gasteiger partial charge in [-0.25, -0.2) is 13.2 Å². The van der Waals surface area contributed by atoms with Crippen LogP contribution < -0.4 is 5.32 Å². The summed E-state index contributed by atoms with van der Waals surface area (Å²) in [6, 6.07) is 1.29. The van der Waals surface area contributed by atoms with Gasteiger partial charge in [0, 0.05) is 43.9 Å². The number of halogens is 5. The minimum atomic E-state index is -1.15. The number of hydrogen-bond donors (Lipinski definition) is 1. The van der Waals surface area contributed by atoms with Crippen LogP contribution in [-0.2, 0) is 0 Å². The average molecular weight is 357 g/mol. The molecule has 0 aliphatic carbocycles. The molecule has 1 heterocycles. The maximum absolute atomic E-state index is 14.0. The van der Waals surface area contributed by atoms with Crippen LogP contribution in [-0.4, -0.2) is 31.1 Å². The summed E-state index contributed by atoms with van der Waals surface area (Å²) in [7, 11) is 0. The van der Waals surface area contributed by atoms with E-state index in [0.717, 1.165) is 37.8 Å². The molecule has 2 nitrogen and oxygen atoms in total. The molecule has 1 aliphatic heterocycles. The number of nitrogens with zero attached hydrogens (tertiary/aromatic N) is 1. The lowest BCUT2D eigenvalue weighted by atomic mass is 9.97. The average Bonchev–Trinajstić information content (AvgIpc) is 2.41. The van der Waals surface area contributed by atoms with Crippen LogP contribution in [0.1, 0.15) is 24.9 Å². The van der Waals surface area contributed by atoms with Gasteiger partial charge in [0.05, 0.1) is 0 Å². The Hall–Kier alpha value is -0.750. The van der Waals surface area contributed by atoms with Crippen molar-refractivity contribution in [3.05, 3.63) is 47.3 Å². The normalized spacial score (nSPS) is 16.4. The Bertz CT molecular complexity index is 506. The first-order valence-corrected chi connectivity index (χ1v) is 6.72. The van der Waals surface area contributed by atoms with Crippen LogP contribution in [0.4, 0.5) is 13.2 Å². The maximum Gasteiger partial charge on any atom is 0.161 e. The first-order chi connectivity index (χ1) is 9.49. The Kier molecular flexibility index (Phi) is 9.08. The molecule has 1 aromatic carbocycles. The molecule has 0 unspecified atom stereocenters. The number of rotatable bonds is 4. The Balaban J connectivity index is 0.00000220. The molecule has 0 aromatic heterocycles. The fraction of sp³-hybridized carbons (Fsp3) is 0.467. The highest BCUT2D eigenvalue weighted by atomic mass is 35.5. The van der Waals surface area contributed by atoms with Crippen LogP contribution in [0.15, 0.2) is 24.3 Å². The summed E-state index contributed by atoms with van der Waals surface area (Å²) in [6.07, 6.45) is 0.530. The van der Waals surface area contributed by atoms with E-state index >= 15 is 0 Å². The molecular weight excluding hydrogens is 336 g/mol. The SMILES string of the molecule is C=C(C)C[C@H](c1cc(F)c(F)cc1F)N1CCNCC1.Cl.Cl. The minimum Gasteiger partial charge on any atom is -0.314 e. The highest BCUT2D eigenvalue weighted by molar-refractivity contribution is 5.85. The molecule has 0 saturated carbocycles. The first kappa shape index (κ1) is 21.2. The Morgan fingerprint density at radius 2 is 1.68 bits per heavy atom. The molecule has 0 amide bonds. The van der Waals surface area contributed by atoms with E-state index in [2.05, 4.69) is 16.8 Å². The van der Waals surface area contributed by atoms with Crippen molar-refractivity contribution < 1.29 is 13.2 Å². The molecule has 126 valence electrons. The quantitative estimate of drug-likeness (QED) is 0.650. The van der Waals surface area contributed by atoms with Gasteiger partial charge >= 0.3 is 0 Å². The van der Waals surface area contributed by atoms with E-state index in [1.54, 1.807) is 0 Å². The van der Waals surface area contributed by atoms with Crippen LogP contribution in [0, 0.1) is 17.5 Å². The molecule has 1 aromatic rings. The monoisotopic (exact) mass is 356 g/mol. The zero-order valence-corrected chi connectivity index (χ0v) is 14.0. The third kappa shape index (κ3) is 5.16. The van der Waals surface area contributed by atoms with Gasteiger partial charge in [-0.05, 0) is 19.4 Å². The molecule has 1 fully saturated rings. The third-order valence-electron chi connectivity index (χ3n) is 3.53. The second kappa shape index (κ2) is 9.40. The summed E-state index contributed by atoms with van der Waals surface area (Å²) < 4.78 is 40.5. The molecular formula is C15H21Cl2F3N2. The van der Waals surface area contributed by atoms with E-state index in [4.69, 9.17) is 0 Å². The zero-order valence-electron chi connectivity index (χ0n) is 12.4. The van der Waals surface area contributed by atoms with Gasteiger partial charge in [-0.15, -0.1) is 31.4 Å². The van der Waals surface area contributed by atoms with Gasteiger partial charge in [-0.2, -0.15) is 0 Å². The fourth-order valence-corrected chi connectivity index (χ4v) is 2.55.